The van der Waals surface area contributed by atoms with Gasteiger partial charge in [0.05, 0.1) is 27.8 Å². The molecule has 1 N–H and O–H groups in total. The minimum atomic E-state index is -0.191. The van der Waals surface area contributed by atoms with Crippen molar-refractivity contribution in [1.29, 1.82) is 0 Å². The Balaban J connectivity index is 1.75. The van der Waals surface area contributed by atoms with Crippen LogP contribution >= 0.6 is 0 Å². The number of hydrogen-bond donors (Lipinski definition) is 1. The molecule has 4 rings (SSSR count). The molecule has 0 fully saturated rings. The van der Waals surface area contributed by atoms with Crippen molar-refractivity contribution in [3.63, 3.8) is 0 Å². The number of amides is 1. The monoisotopic (exact) mass is 344 g/mol. The number of fused-ring (bicyclic) bond motifs is 2. The molecule has 0 saturated carbocycles. The number of para-hydroxylation sites is 2. The van der Waals surface area contributed by atoms with E-state index in [-0.39, 0.29) is 5.91 Å². The zero-order valence-corrected chi connectivity index (χ0v) is 15.1. The van der Waals surface area contributed by atoms with Crippen molar-refractivity contribution in [3.8, 4) is 0 Å². The summed E-state index contributed by atoms with van der Waals surface area (Å²) in [6.07, 6.45) is 0. The van der Waals surface area contributed by atoms with E-state index in [1.54, 1.807) is 0 Å². The number of imidazole rings is 1. The highest BCUT2D eigenvalue weighted by Gasteiger charge is 2.16. The minimum Gasteiger partial charge on any atom is -0.310 e. The van der Waals surface area contributed by atoms with Gasteiger partial charge in [0.2, 0.25) is 5.95 Å². The molecule has 2 aromatic heterocycles. The summed E-state index contributed by atoms with van der Waals surface area (Å²) in [5.74, 6) is 0.367. The summed E-state index contributed by atoms with van der Waals surface area (Å²) in [6.45, 7) is 6.65. The summed E-state index contributed by atoms with van der Waals surface area (Å²) in [4.78, 5) is 22.0. The Kier molecular flexibility index (Phi) is 3.92. The maximum absolute atomic E-state index is 12.9. The number of nitrogens with one attached hydrogen (secondary N) is 1. The van der Waals surface area contributed by atoms with Gasteiger partial charge in [-0.2, -0.15) is 0 Å². The molecule has 2 aromatic carbocycles. The van der Waals surface area contributed by atoms with Crippen LogP contribution in [-0.2, 0) is 6.54 Å². The summed E-state index contributed by atoms with van der Waals surface area (Å²) in [6, 6.07) is 15.8. The number of aromatic nitrogens is 3. The first kappa shape index (κ1) is 16.3. The highest BCUT2D eigenvalue weighted by Crippen LogP contribution is 2.22. The van der Waals surface area contributed by atoms with Gasteiger partial charge in [-0.15, -0.1) is 0 Å². The van der Waals surface area contributed by atoms with Crippen LogP contribution in [-0.4, -0.2) is 20.4 Å². The second kappa shape index (κ2) is 6.26. The van der Waals surface area contributed by atoms with E-state index in [0.717, 1.165) is 34.0 Å². The number of carbonyl (C=O) groups is 1. The Morgan fingerprint density at radius 3 is 2.65 bits per heavy atom. The van der Waals surface area contributed by atoms with Crippen LogP contribution in [0.2, 0.25) is 0 Å². The fourth-order valence-electron chi connectivity index (χ4n) is 3.28. The Bertz CT molecular complexity index is 1140. The zero-order chi connectivity index (χ0) is 18.3. The molecule has 0 atom stereocenters. The average molecular weight is 344 g/mol. The molecular weight excluding hydrogens is 324 g/mol. The van der Waals surface area contributed by atoms with Gasteiger partial charge in [-0.1, -0.05) is 23.8 Å². The summed E-state index contributed by atoms with van der Waals surface area (Å²) >= 11 is 0. The highest BCUT2D eigenvalue weighted by atomic mass is 16.1. The van der Waals surface area contributed by atoms with Gasteiger partial charge in [-0.05, 0) is 51.1 Å². The normalized spacial score (nSPS) is 11.2. The van der Waals surface area contributed by atoms with Gasteiger partial charge in [0.1, 0.15) is 0 Å². The lowest BCUT2D eigenvalue weighted by Crippen LogP contribution is -2.17. The zero-order valence-electron chi connectivity index (χ0n) is 15.1. The van der Waals surface area contributed by atoms with Crippen LogP contribution in [0.4, 0.5) is 5.95 Å². The standard InChI is InChI=1S/C21H20N4O/c1-4-25-19-8-6-5-7-18(19)23-21(25)24-20(26)16-12-15-11-13(2)9-10-17(15)22-14(16)3/h5-12H,4H2,1-3H3,(H,23,24,26). The lowest BCUT2D eigenvalue weighted by molar-refractivity contribution is 0.102. The molecule has 130 valence electrons. The van der Waals surface area contributed by atoms with Gasteiger partial charge in [0.15, 0.2) is 0 Å². The SMILES string of the molecule is CCn1c(NC(=O)c2cc3cc(C)ccc3nc2C)nc2ccccc21. The lowest BCUT2D eigenvalue weighted by Gasteiger charge is -2.10. The molecule has 0 aliphatic carbocycles. The van der Waals surface area contributed by atoms with Crippen LogP contribution < -0.4 is 5.32 Å². The molecule has 0 aliphatic heterocycles. The fraction of sp³-hybridized carbons (Fsp3) is 0.190. The van der Waals surface area contributed by atoms with Crippen molar-refractivity contribution in [2.45, 2.75) is 27.3 Å². The van der Waals surface area contributed by atoms with Crippen LogP contribution in [0.5, 0.6) is 0 Å². The van der Waals surface area contributed by atoms with Crippen LogP contribution in [0.3, 0.4) is 0 Å². The van der Waals surface area contributed by atoms with E-state index in [4.69, 9.17) is 0 Å². The van der Waals surface area contributed by atoms with E-state index in [1.165, 1.54) is 0 Å². The number of hydrogen-bond acceptors (Lipinski definition) is 3. The van der Waals surface area contributed by atoms with E-state index in [1.807, 2.05) is 73.9 Å². The maximum Gasteiger partial charge on any atom is 0.259 e. The number of anilines is 1. The van der Waals surface area contributed by atoms with E-state index in [9.17, 15) is 4.79 Å². The second-order valence-electron chi connectivity index (χ2n) is 6.44. The molecule has 0 radical (unpaired) electrons. The summed E-state index contributed by atoms with van der Waals surface area (Å²) in [5, 5.41) is 3.92. The topological polar surface area (TPSA) is 59.8 Å². The number of rotatable bonds is 3. The number of nitrogens with zero attached hydrogens (tertiary/aromatic N) is 3. The van der Waals surface area contributed by atoms with Gasteiger partial charge < -0.3 is 4.57 Å². The first-order valence-electron chi connectivity index (χ1n) is 8.71. The van der Waals surface area contributed by atoms with Crippen molar-refractivity contribution in [2.24, 2.45) is 0 Å². The lowest BCUT2D eigenvalue weighted by atomic mass is 10.1. The van der Waals surface area contributed by atoms with Crippen molar-refractivity contribution >= 4 is 33.8 Å². The van der Waals surface area contributed by atoms with E-state index >= 15 is 0 Å². The first-order chi connectivity index (χ1) is 12.6. The van der Waals surface area contributed by atoms with Crippen LogP contribution in [0.25, 0.3) is 21.9 Å². The van der Waals surface area contributed by atoms with E-state index < -0.39 is 0 Å². The number of pyridine rings is 1. The Morgan fingerprint density at radius 1 is 1.04 bits per heavy atom. The highest BCUT2D eigenvalue weighted by molar-refractivity contribution is 6.06. The third-order valence-electron chi connectivity index (χ3n) is 4.60. The smallest absolute Gasteiger partial charge is 0.259 e. The molecule has 0 aliphatic rings. The Hall–Kier alpha value is -3.21. The summed E-state index contributed by atoms with van der Waals surface area (Å²) < 4.78 is 2.00. The van der Waals surface area contributed by atoms with Crippen molar-refractivity contribution in [2.75, 3.05) is 5.32 Å². The molecule has 26 heavy (non-hydrogen) atoms. The van der Waals surface area contributed by atoms with Crippen LogP contribution in [0, 0.1) is 13.8 Å². The average Bonchev–Trinajstić information content (AvgIpc) is 2.98. The van der Waals surface area contributed by atoms with Crippen LogP contribution in [0.1, 0.15) is 28.5 Å². The Labute approximate surface area is 151 Å². The first-order valence-corrected chi connectivity index (χ1v) is 8.71. The Morgan fingerprint density at radius 2 is 1.85 bits per heavy atom. The molecular formula is C21H20N4O. The molecule has 0 spiro atoms. The van der Waals surface area contributed by atoms with Gasteiger partial charge >= 0.3 is 0 Å². The molecule has 1 amide bonds. The summed E-state index contributed by atoms with van der Waals surface area (Å²) in [7, 11) is 0. The third kappa shape index (κ3) is 2.71. The molecule has 0 bridgehead atoms. The molecule has 4 aromatic rings. The predicted molar refractivity (Wildman–Crippen MR) is 105 cm³/mol. The van der Waals surface area contributed by atoms with Gasteiger partial charge in [-0.3, -0.25) is 15.1 Å². The molecule has 0 saturated heterocycles. The van der Waals surface area contributed by atoms with Crippen molar-refractivity contribution in [1.82, 2.24) is 14.5 Å². The number of aryl methyl sites for hydroxylation is 3. The summed E-state index contributed by atoms with van der Waals surface area (Å²) in [5.41, 5.74) is 5.19. The molecule has 5 nitrogen and oxygen atoms in total. The number of carbonyl (C=O) groups excluding carboxylic acids is 1. The third-order valence-corrected chi connectivity index (χ3v) is 4.60. The largest absolute Gasteiger partial charge is 0.310 e. The molecule has 2 heterocycles. The second-order valence-corrected chi connectivity index (χ2v) is 6.44. The van der Waals surface area contributed by atoms with Crippen molar-refractivity contribution in [3.05, 3.63) is 65.4 Å². The van der Waals surface area contributed by atoms with Crippen molar-refractivity contribution < 1.29 is 4.79 Å². The maximum atomic E-state index is 12.9. The quantitative estimate of drug-likeness (QED) is 0.596. The predicted octanol–water partition coefficient (Wildman–Crippen LogP) is 4.47. The molecule has 0 unspecified atom stereocenters. The van der Waals surface area contributed by atoms with E-state index in [0.29, 0.717) is 17.2 Å². The fourth-order valence-corrected chi connectivity index (χ4v) is 3.28. The molecule has 5 heteroatoms. The van der Waals surface area contributed by atoms with E-state index in [2.05, 4.69) is 15.3 Å². The van der Waals surface area contributed by atoms with Gasteiger partial charge in [0, 0.05) is 11.9 Å². The number of benzene rings is 2. The van der Waals surface area contributed by atoms with Gasteiger partial charge in [-0.25, -0.2) is 4.98 Å². The van der Waals surface area contributed by atoms with Crippen LogP contribution in [0.15, 0.2) is 48.5 Å². The van der Waals surface area contributed by atoms with Gasteiger partial charge in [0.25, 0.3) is 5.91 Å². The minimum absolute atomic E-state index is 0.191.